The molecule has 3 heteroatoms. The lowest BCUT2D eigenvalue weighted by Gasteiger charge is -2.19. The Hall–Kier alpha value is -1.35. The normalized spacial score (nSPS) is 13.3. The predicted molar refractivity (Wildman–Crippen MR) is 78.3 cm³/mol. The molecule has 0 aliphatic heterocycles. The van der Waals surface area contributed by atoms with Crippen molar-refractivity contribution in [3.8, 4) is 0 Å². The molecule has 1 aromatic carbocycles. The number of carbonyl (C=O) groups is 1. The van der Waals surface area contributed by atoms with Gasteiger partial charge < -0.3 is 10.4 Å². The van der Waals surface area contributed by atoms with Gasteiger partial charge in [-0.15, -0.1) is 0 Å². The number of carboxylic acid groups (broad SMARTS) is 1. The summed E-state index contributed by atoms with van der Waals surface area (Å²) in [4.78, 5) is 11.0. The number of benzene rings is 1. The molecule has 0 radical (unpaired) electrons. The van der Waals surface area contributed by atoms with Gasteiger partial charge in [-0.1, -0.05) is 58.4 Å². The van der Waals surface area contributed by atoms with Crippen LogP contribution in [0.5, 0.6) is 0 Å². The monoisotopic (exact) mass is 263 g/mol. The highest BCUT2D eigenvalue weighted by Crippen LogP contribution is 2.22. The summed E-state index contributed by atoms with van der Waals surface area (Å²) in [5, 5.41) is 12.2. The minimum Gasteiger partial charge on any atom is -0.480 e. The highest BCUT2D eigenvalue weighted by molar-refractivity contribution is 5.73. The third-order valence-electron chi connectivity index (χ3n) is 3.25. The van der Waals surface area contributed by atoms with Crippen molar-refractivity contribution in [1.29, 1.82) is 0 Å². The summed E-state index contributed by atoms with van der Waals surface area (Å²) in [6, 6.07) is 7.92. The second kappa shape index (κ2) is 6.71. The van der Waals surface area contributed by atoms with E-state index in [4.69, 9.17) is 5.11 Å². The number of nitrogens with one attached hydrogen (secondary N) is 1. The molecular formula is C16H25NO2. The van der Waals surface area contributed by atoms with E-state index in [0.29, 0.717) is 13.0 Å². The fraction of sp³-hybridized carbons (Fsp3) is 0.562. The summed E-state index contributed by atoms with van der Waals surface area (Å²) in [5.41, 5.74) is 2.56. The number of hydrogen-bond acceptors (Lipinski definition) is 2. The first kappa shape index (κ1) is 15.7. The summed E-state index contributed by atoms with van der Waals surface area (Å²) in [5.74, 6) is -0.770. The van der Waals surface area contributed by atoms with Crippen LogP contribution in [0.4, 0.5) is 0 Å². The van der Waals surface area contributed by atoms with Crippen LogP contribution in [0.15, 0.2) is 24.3 Å². The van der Waals surface area contributed by atoms with Gasteiger partial charge in [0.15, 0.2) is 0 Å². The fourth-order valence-corrected chi connectivity index (χ4v) is 1.97. The van der Waals surface area contributed by atoms with E-state index in [1.807, 2.05) is 6.92 Å². The van der Waals surface area contributed by atoms with E-state index in [9.17, 15) is 4.79 Å². The van der Waals surface area contributed by atoms with Crippen molar-refractivity contribution >= 4 is 5.97 Å². The number of carboxylic acids is 1. The van der Waals surface area contributed by atoms with Crippen molar-refractivity contribution in [2.24, 2.45) is 0 Å². The van der Waals surface area contributed by atoms with Gasteiger partial charge in [-0.3, -0.25) is 4.79 Å². The van der Waals surface area contributed by atoms with Crippen molar-refractivity contribution < 1.29 is 9.90 Å². The maximum absolute atomic E-state index is 11.0. The highest BCUT2D eigenvalue weighted by atomic mass is 16.4. The second-order valence-electron chi connectivity index (χ2n) is 6.01. The molecule has 0 aromatic heterocycles. The van der Waals surface area contributed by atoms with Gasteiger partial charge in [-0.05, 0) is 23.0 Å². The van der Waals surface area contributed by atoms with Gasteiger partial charge in [0.1, 0.15) is 6.04 Å². The molecule has 1 atom stereocenters. The maximum Gasteiger partial charge on any atom is 0.320 e. The van der Waals surface area contributed by atoms with Crippen LogP contribution in [0.2, 0.25) is 0 Å². The molecule has 0 fully saturated rings. The molecule has 106 valence electrons. The van der Waals surface area contributed by atoms with Crippen molar-refractivity contribution in [3.05, 3.63) is 35.4 Å². The Kier molecular flexibility index (Phi) is 5.55. The zero-order valence-electron chi connectivity index (χ0n) is 12.4. The Bertz CT molecular complexity index is 404. The molecule has 0 aliphatic carbocycles. The van der Waals surface area contributed by atoms with Crippen molar-refractivity contribution in [3.63, 3.8) is 0 Å². The lowest BCUT2D eigenvalue weighted by atomic mass is 9.87. The lowest BCUT2D eigenvalue weighted by Crippen LogP contribution is -2.35. The van der Waals surface area contributed by atoms with Crippen molar-refractivity contribution in [2.75, 3.05) is 0 Å². The molecule has 0 saturated heterocycles. The van der Waals surface area contributed by atoms with Gasteiger partial charge >= 0.3 is 5.97 Å². The molecule has 2 N–H and O–H groups in total. The zero-order chi connectivity index (χ0) is 14.5. The van der Waals surface area contributed by atoms with E-state index in [2.05, 4.69) is 50.4 Å². The summed E-state index contributed by atoms with van der Waals surface area (Å²) in [6.45, 7) is 9.14. The maximum atomic E-state index is 11.0. The minimum absolute atomic E-state index is 0.151. The Morgan fingerprint density at radius 1 is 1.26 bits per heavy atom. The average molecular weight is 263 g/mol. The van der Waals surface area contributed by atoms with Crippen LogP contribution in [-0.4, -0.2) is 17.1 Å². The molecular weight excluding hydrogens is 238 g/mol. The predicted octanol–water partition coefficient (Wildman–Crippen LogP) is 3.33. The number of rotatable bonds is 6. The Morgan fingerprint density at radius 2 is 1.84 bits per heavy atom. The molecule has 0 bridgehead atoms. The smallest absolute Gasteiger partial charge is 0.320 e. The summed E-state index contributed by atoms with van der Waals surface area (Å²) >= 11 is 0. The number of hydrogen-bond donors (Lipinski definition) is 2. The molecule has 19 heavy (non-hydrogen) atoms. The largest absolute Gasteiger partial charge is 0.480 e. The molecule has 0 aliphatic rings. The topological polar surface area (TPSA) is 49.3 Å². The summed E-state index contributed by atoms with van der Waals surface area (Å²) in [7, 11) is 0. The Labute approximate surface area is 116 Å². The van der Waals surface area contributed by atoms with Crippen LogP contribution in [0, 0.1) is 0 Å². The molecule has 1 aromatic rings. The van der Waals surface area contributed by atoms with Gasteiger partial charge in [0, 0.05) is 6.54 Å². The van der Waals surface area contributed by atoms with Crippen LogP contribution in [0.3, 0.4) is 0 Å². The molecule has 0 heterocycles. The van der Waals surface area contributed by atoms with E-state index >= 15 is 0 Å². The first-order valence-electron chi connectivity index (χ1n) is 6.90. The summed E-state index contributed by atoms with van der Waals surface area (Å²) in [6.07, 6.45) is 1.53. The van der Waals surface area contributed by atoms with Crippen LogP contribution < -0.4 is 5.32 Å². The molecule has 0 amide bonds. The number of aliphatic carboxylic acids is 1. The van der Waals surface area contributed by atoms with Crippen molar-refractivity contribution in [2.45, 2.75) is 58.5 Å². The summed E-state index contributed by atoms with van der Waals surface area (Å²) < 4.78 is 0. The highest BCUT2D eigenvalue weighted by Gasteiger charge is 2.16. The standard InChI is InChI=1S/C16H25NO2/c1-5-6-14(15(18)19)17-11-12-7-9-13(10-8-12)16(2,3)4/h7-10,14,17H,5-6,11H2,1-4H3,(H,18,19). The SMILES string of the molecule is CCCC(NCc1ccc(C(C)(C)C)cc1)C(=O)O. The third kappa shape index (κ3) is 5.03. The molecule has 0 saturated carbocycles. The quantitative estimate of drug-likeness (QED) is 0.827. The first-order valence-corrected chi connectivity index (χ1v) is 6.90. The molecule has 1 unspecified atom stereocenters. The van der Waals surface area contributed by atoms with Gasteiger partial charge in [0.2, 0.25) is 0 Å². The zero-order valence-corrected chi connectivity index (χ0v) is 12.4. The minimum atomic E-state index is -0.770. The van der Waals surface area contributed by atoms with E-state index in [1.165, 1.54) is 5.56 Å². The van der Waals surface area contributed by atoms with E-state index in [1.54, 1.807) is 0 Å². The fourth-order valence-electron chi connectivity index (χ4n) is 1.97. The van der Waals surface area contributed by atoms with Crippen LogP contribution in [0.25, 0.3) is 0 Å². The van der Waals surface area contributed by atoms with Crippen LogP contribution in [-0.2, 0) is 16.8 Å². The van der Waals surface area contributed by atoms with Crippen LogP contribution in [0.1, 0.15) is 51.7 Å². The first-order chi connectivity index (χ1) is 8.84. The van der Waals surface area contributed by atoms with Crippen molar-refractivity contribution in [1.82, 2.24) is 5.32 Å². The van der Waals surface area contributed by atoms with Gasteiger partial charge in [-0.25, -0.2) is 0 Å². The molecule has 1 rings (SSSR count). The van der Waals surface area contributed by atoms with Gasteiger partial charge in [0.05, 0.1) is 0 Å². The third-order valence-corrected chi connectivity index (χ3v) is 3.25. The molecule has 3 nitrogen and oxygen atoms in total. The average Bonchev–Trinajstić information content (AvgIpc) is 2.33. The Balaban J connectivity index is 2.61. The van der Waals surface area contributed by atoms with Gasteiger partial charge in [0.25, 0.3) is 0 Å². The Morgan fingerprint density at radius 3 is 2.26 bits per heavy atom. The second-order valence-corrected chi connectivity index (χ2v) is 6.01. The van der Waals surface area contributed by atoms with E-state index < -0.39 is 12.0 Å². The molecule has 0 spiro atoms. The van der Waals surface area contributed by atoms with E-state index in [0.717, 1.165) is 12.0 Å². The van der Waals surface area contributed by atoms with E-state index in [-0.39, 0.29) is 5.41 Å². The lowest BCUT2D eigenvalue weighted by molar-refractivity contribution is -0.139. The van der Waals surface area contributed by atoms with Gasteiger partial charge in [-0.2, -0.15) is 0 Å². The van der Waals surface area contributed by atoms with Crippen LogP contribution >= 0.6 is 0 Å².